The highest BCUT2D eigenvalue weighted by Gasteiger charge is 2.44. The Labute approximate surface area is 96.3 Å². The second-order valence-electron chi connectivity index (χ2n) is 4.47. The molecule has 4 nitrogen and oxygen atoms in total. The van der Waals surface area contributed by atoms with Crippen molar-refractivity contribution >= 4 is 0 Å². The monoisotopic (exact) mass is 224 g/mol. The van der Waals surface area contributed by atoms with Gasteiger partial charge in [-0.1, -0.05) is 0 Å². The highest BCUT2D eigenvalue weighted by Crippen LogP contribution is 2.38. The maximum absolute atomic E-state index is 10.2. The quantitative estimate of drug-likeness (QED) is 0.822. The summed E-state index contributed by atoms with van der Waals surface area (Å²) in [6.45, 7) is 2.97. The van der Waals surface area contributed by atoms with E-state index in [-0.39, 0.29) is 5.60 Å². The van der Waals surface area contributed by atoms with Gasteiger partial charge in [0, 0.05) is 32.5 Å². The Kier molecular flexibility index (Phi) is 3.30. The molecule has 0 bridgehead atoms. The zero-order chi connectivity index (χ0) is 11.6. The van der Waals surface area contributed by atoms with Crippen molar-refractivity contribution in [3.05, 3.63) is 18.2 Å². The summed E-state index contributed by atoms with van der Waals surface area (Å²) in [5.41, 5.74) is -0.315. The Hall–Kier alpha value is -0.870. The molecule has 1 aliphatic rings. The molecule has 1 atom stereocenters. The summed E-state index contributed by atoms with van der Waals surface area (Å²) in [5, 5.41) is 10.2. The Bertz CT molecular complexity index is 339. The summed E-state index contributed by atoms with van der Waals surface area (Å²) in [7, 11) is 1.69. The third kappa shape index (κ3) is 1.87. The third-order valence-corrected chi connectivity index (χ3v) is 3.73. The first-order valence-corrected chi connectivity index (χ1v) is 5.95. The van der Waals surface area contributed by atoms with Crippen molar-refractivity contribution in [3.8, 4) is 0 Å². The molecule has 0 spiro atoms. The van der Waals surface area contributed by atoms with E-state index < -0.39 is 6.10 Å². The lowest BCUT2D eigenvalue weighted by Crippen LogP contribution is -2.51. The fourth-order valence-electron chi connectivity index (χ4n) is 2.38. The van der Waals surface area contributed by atoms with E-state index in [4.69, 9.17) is 4.74 Å². The van der Waals surface area contributed by atoms with Crippen molar-refractivity contribution in [3.63, 3.8) is 0 Å². The van der Waals surface area contributed by atoms with Crippen LogP contribution in [0.25, 0.3) is 0 Å². The molecular formula is C12H20N2O2. The number of aromatic nitrogens is 2. The molecule has 1 unspecified atom stereocenters. The van der Waals surface area contributed by atoms with E-state index in [1.165, 1.54) is 0 Å². The van der Waals surface area contributed by atoms with Crippen LogP contribution in [0.3, 0.4) is 0 Å². The van der Waals surface area contributed by atoms with Gasteiger partial charge in [-0.3, -0.25) is 0 Å². The zero-order valence-electron chi connectivity index (χ0n) is 10.0. The van der Waals surface area contributed by atoms with Crippen molar-refractivity contribution in [2.75, 3.05) is 7.11 Å². The van der Waals surface area contributed by atoms with Gasteiger partial charge in [0.25, 0.3) is 0 Å². The van der Waals surface area contributed by atoms with Gasteiger partial charge in [0.2, 0.25) is 0 Å². The normalized spacial score (nSPS) is 20.4. The first-order valence-electron chi connectivity index (χ1n) is 5.95. The van der Waals surface area contributed by atoms with E-state index in [1.54, 1.807) is 13.3 Å². The van der Waals surface area contributed by atoms with Crippen LogP contribution >= 0.6 is 0 Å². The van der Waals surface area contributed by atoms with Gasteiger partial charge < -0.3 is 14.4 Å². The molecule has 0 saturated heterocycles. The summed E-state index contributed by atoms with van der Waals surface area (Å²) < 4.78 is 7.53. The van der Waals surface area contributed by atoms with E-state index in [1.807, 2.05) is 6.20 Å². The molecule has 0 amide bonds. The number of aliphatic hydroxyl groups is 1. The fourth-order valence-corrected chi connectivity index (χ4v) is 2.38. The van der Waals surface area contributed by atoms with E-state index in [0.29, 0.717) is 6.42 Å². The maximum atomic E-state index is 10.2. The van der Waals surface area contributed by atoms with Gasteiger partial charge in [-0.25, -0.2) is 4.98 Å². The van der Waals surface area contributed by atoms with Gasteiger partial charge in [-0.2, -0.15) is 0 Å². The number of hydrogen-bond acceptors (Lipinski definition) is 3. The van der Waals surface area contributed by atoms with Crippen LogP contribution in [-0.2, 0) is 17.7 Å². The fraction of sp³-hybridized carbons (Fsp3) is 0.750. The lowest BCUT2D eigenvalue weighted by molar-refractivity contribution is -0.149. The van der Waals surface area contributed by atoms with Crippen LogP contribution in [0.15, 0.2) is 12.4 Å². The smallest absolute Gasteiger partial charge is 0.111 e. The van der Waals surface area contributed by atoms with Gasteiger partial charge in [0.05, 0.1) is 11.7 Å². The Balaban J connectivity index is 2.04. The molecule has 2 rings (SSSR count). The lowest BCUT2D eigenvalue weighted by Gasteiger charge is -2.44. The Morgan fingerprint density at radius 1 is 1.62 bits per heavy atom. The molecule has 4 heteroatoms. The summed E-state index contributed by atoms with van der Waals surface area (Å²) in [4.78, 5) is 4.28. The van der Waals surface area contributed by atoms with Gasteiger partial charge >= 0.3 is 0 Å². The number of methoxy groups -OCH3 is 1. The predicted molar refractivity (Wildman–Crippen MR) is 61.2 cm³/mol. The largest absolute Gasteiger partial charge is 0.390 e. The summed E-state index contributed by atoms with van der Waals surface area (Å²) in [6.07, 6.45) is 6.92. The number of nitrogens with zero attached hydrogens (tertiary/aromatic N) is 2. The molecule has 1 aromatic heterocycles. The van der Waals surface area contributed by atoms with Gasteiger partial charge in [0.1, 0.15) is 5.82 Å². The number of rotatable bonds is 5. The topological polar surface area (TPSA) is 47.3 Å². The molecule has 1 fully saturated rings. The molecule has 1 N–H and O–H groups in total. The molecule has 16 heavy (non-hydrogen) atoms. The SMILES string of the molecule is CCn1ccnc1CC(O)C1(OC)CCC1. The number of ether oxygens (including phenoxy) is 1. The molecule has 90 valence electrons. The molecule has 0 aromatic carbocycles. The molecule has 1 heterocycles. The van der Waals surface area contributed by atoms with Crippen LogP contribution in [0.5, 0.6) is 0 Å². The minimum Gasteiger partial charge on any atom is -0.390 e. The average molecular weight is 224 g/mol. The molecule has 0 aliphatic heterocycles. The highest BCUT2D eigenvalue weighted by atomic mass is 16.5. The second-order valence-corrected chi connectivity index (χ2v) is 4.47. The van der Waals surface area contributed by atoms with Crippen LogP contribution in [0.2, 0.25) is 0 Å². The molecule has 1 aromatic rings. The van der Waals surface area contributed by atoms with Crippen LogP contribution in [0, 0.1) is 0 Å². The van der Waals surface area contributed by atoms with Crippen molar-refractivity contribution in [1.29, 1.82) is 0 Å². The zero-order valence-corrected chi connectivity index (χ0v) is 10.0. The van der Waals surface area contributed by atoms with E-state index in [0.717, 1.165) is 31.6 Å². The molecular weight excluding hydrogens is 204 g/mol. The van der Waals surface area contributed by atoms with E-state index in [2.05, 4.69) is 16.5 Å². The lowest BCUT2D eigenvalue weighted by atomic mass is 9.74. The van der Waals surface area contributed by atoms with E-state index in [9.17, 15) is 5.11 Å². The van der Waals surface area contributed by atoms with Gasteiger partial charge in [-0.15, -0.1) is 0 Å². The molecule has 0 radical (unpaired) electrons. The maximum Gasteiger partial charge on any atom is 0.111 e. The summed E-state index contributed by atoms with van der Waals surface area (Å²) in [6, 6.07) is 0. The standard InChI is InChI=1S/C12H20N2O2/c1-3-14-8-7-13-11(14)9-10(15)12(16-2)5-4-6-12/h7-8,10,15H,3-6,9H2,1-2H3. The number of aryl methyl sites for hydroxylation is 1. The van der Waals surface area contributed by atoms with Gasteiger partial charge in [0.15, 0.2) is 0 Å². The van der Waals surface area contributed by atoms with Crippen LogP contribution in [0.1, 0.15) is 32.0 Å². The number of imidazole rings is 1. The van der Waals surface area contributed by atoms with Gasteiger partial charge in [-0.05, 0) is 26.2 Å². The predicted octanol–water partition coefficient (Wildman–Crippen LogP) is 1.38. The summed E-state index contributed by atoms with van der Waals surface area (Å²) in [5.74, 6) is 0.943. The first kappa shape index (κ1) is 11.6. The summed E-state index contributed by atoms with van der Waals surface area (Å²) >= 11 is 0. The number of hydrogen-bond donors (Lipinski definition) is 1. The second kappa shape index (κ2) is 4.55. The number of aliphatic hydroxyl groups excluding tert-OH is 1. The third-order valence-electron chi connectivity index (χ3n) is 3.73. The highest BCUT2D eigenvalue weighted by molar-refractivity contribution is 5.02. The van der Waals surface area contributed by atoms with Crippen molar-refractivity contribution in [1.82, 2.24) is 9.55 Å². The Morgan fingerprint density at radius 2 is 2.38 bits per heavy atom. The first-order chi connectivity index (χ1) is 7.72. The molecule has 1 saturated carbocycles. The van der Waals surface area contributed by atoms with Crippen LogP contribution in [0.4, 0.5) is 0 Å². The van der Waals surface area contributed by atoms with Crippen molar-refractivity contribution in [2.45, 2.75) is 50.9 Å². The minimum atomic E-state index is -0.445. The van der Waals surface area contributed by atoms with Crippen molar-refractivity contribution < 1.29 is 9.84 Å². The average Bonchev–Trinajstić information content (AvgIpc) is 2.64. The van der Waals surface area contributed by atoms with Crippen LogP contribution < -0.4 is 0 Å². The van der Waals surface area contributed by atoms with E-state index >= 15 is 0 Å². The molecule has 1 aliphatic carbocycles. The van der Waals surface area contributed by atoms with Crippen LogP contribution in [-0.4, -0.2) is 33.5 Å². The minimum absolute atomic E-state index is 0.315. The van der Waals surface area contributed by atoms with Crippen molar-refractivity contribution in [2.24, 2.45) is 0 Å². The Morgan fingerprint density at radius 3 is 2.88 bits per heavy atom.